The van der Waals surface area contributed by atoms with E-state index in [1.165, 1.54) is 12.3 Å². The van der Waals surface area contributed by atoms with Crippen LogP contribution in [0.15, 0.2) is 36.5 Å². The number of hydrogen-bond donors (Lipinski definition) is 0. The first kappa shape index (κ1) is 12.7. The van der Waals surface area contributed by atoms with E-state index >= 15 is 0 Å². The van der Waals surface area contributed by atoms with Crippen LogP contribution in [0.3, 0.4) is 0 Å². The fourth-order valence-corrected chi connectivity index (χ4v) is 1.79. The van der Waals surface area contributed by atoms with Crippen molar-refractivity contribution >= 4 is 17.4 Å². The predicted octanol–water partition coefficient (Wildman–Crippen LogP) is 3.61. The molecule has 0 amide bonds. The molecule has 0 aliphatic carbocycles. The number of benzene rings is 1. The van der Waals surface area contributed by atoms with Crippen molar-refractivity contribution in [3.05, 3.63) is 64.2 Å². The van der Waals surface area contributed by atoms with Crippen molar-refractivity contribution in [1.82, 2.24) is 4.98 Å². The zero-order valence-electron chi connectivity index (χ0n) is 9.78. The lowest BCUT2D eigenvalue weighted by Crippen LogP contribution is -2.06. The van der Waals surface area contributed by atoms with Gasteiger partial charge in [-0.2, -0.15) is 0 Å². The number of rotatable bonds is 3. The van der Waals surface area contributed by atoms with Crippen LogP contribution in [0.1, 0.15) is 21.6 Å². The number of carbonyl (C=O) groups excluding carboxylic acids is 1. The highest BCUT2D eigenvalue weighted by molar-refractivity contribution is 6.30. The summed E-state index contributed by atoms with van der Waals surface area (Å²) in [6, 6.07) is 8.08. The molecule has 2 nitrogen and oxygen atoms in total. The minimum absolute atomic E-state index is 0.0167. The van der Waals surface area contributed by atoms with Crippen LogP contribution in [0, 0.1) is 12.7 Å². The molecular formula is C14H11ClFNO. The molecule has 0 aliphatic rings. The zero-order chi connectivity index (χ0) is 13.1. The molecule has 2 aromatic rings. The van der Waals surface area contributed by atoms with E-state index in [-0.39, 0.29) is 17.2 Å². The lowest BCUT2D eigenvalue weighted by atomic mass is 10.0. The van der Waals surface area contributed by atoms with Gasteiger partial charge >= 0.3 is 0 Å². The highest BCUT2D eigenvalue weighted by Gasteiger charge is 2.12. The minimum atomic E-state index is -0.535. The van der Waals surface area contributed by atoms with Crippen molar-refractivity contribution < 1.29 is 9.18 Å². The van der Waals surface area contributed by atoms with Crippen LogP contribution in [-0.2, 0) is 6.42 Å². The van der Waals surface area contributed by atoms with E-state index in [9.17, 15) is 9.18 Å². The second-order valence-corrected chi connectivity index (χ2v) is 4.41. The Morgan fingerprint density at radius 1 is 1.33 bits per heavy atom. The topological polar surface area (TPSA) is 30.0 Å². The van der Waals surface area contributed by atoms with Crippen molar-refractivity contribution in [2.24, 2.45) is 0 Å². The monoisotopic (exact) mass is 263 g/mol. The molecule has 0 spiro atoms. The highest BCUT2D eigenvalue weighted by Crippen LogP contribution is 2.19. The summed E-state index contributed by atoms with van der Waals surface area (Å²) in [5.74, 6) is -0.712. The SMILES string of the molecule is Cc1ccc(C(=O)Cc2cccc(Cl)c2F)cn1. The first-order valence-electron chi connectivity index (χ1n) is 5.46. The fourth-order valence-electron chi connectivity index (χ4n) is 1.59. The molecule has 0 aliphatic heterocycles. The maximum atomic E-state index is 13.6. The number of aryl methyl sites for hydroxylation is 1. The van der Waals surface area contributed by atoms with Gasteiger partial charge in [0.05, 0.1) is 5.02 Å². The number of nitrogens with zero attached hydrogens (tertiary/aromatic N) is 1. The van der Waals surface area contributed by atoms with Crippen molar-refractivity contribution in [2.75, 3.05) is 0 Å². The molecular weight excluding hydrogens is 253 g/mol. The van der Waals surface area contributed by atoms with Gasteiger partial charge in [0.1, 0.15) is 5.82 Å². The van der Waals surface area contributed by atoms with Crippen LogP contribution in [0.25, 0.3) is 0 Å². The first-order valence-corrected chi connectivity index (χ1v) is 5.84. The molecule has 1 heterocycles. The molecule has 0 unspecified atom stereocenters. The normalized spacial score (nSPS) is 10.4. The summed E-state index contributed by atoms with van der Waals surface area (Å²) < 4.78 is 13.6. The van der Waals surface area contributed by atoms with Gasteiger partial charge in [0.2, 0.25) is 0 Å². The van der Waals surface area contributed by atoms with E-state index in [1.54, 1.807) is 24.3 Å². The molecule has 18 heavy (non-hydrogen) atoms. The Bertz CT molecular complexity index is 581. The van der Waals surface area contributed by atoms with Gasteiger partial charge in [-0.3, -0.25) is 9.78 Å². The minimum Gasteiger partial charge on any atom is -0.294 e. The van der Waals surface area contributed by atoms with Gasteiger partial charge in [-0.25, -0.2) is 4.39 Å². The van der Waals surface area contributed by atoms with Crippen LogP contribution in [-0.4, -0.2) is 10.8 Å². The fraction of sp³-hybridized carbons (Fsp3) is 0.143. The first-order chi connectivity index (χ1) is 8.58. The zero-order valence-corrected chi connectivity index (χ0v) is 10.5. The second kappa shape index (κ2) is 5.27. The average Bonchev–Trinajstić information content (AvgIpc) is 2.36. The van der Waals surface area contributed by atoms with Crippen molar-refractivity contribution in [3.63, 3.8) is 0 Å². The third kappa shape index (κ3) is 2.74. The van der Waals surface area contributed by atoms with Crippen molar-refractivity contribution in [3.8, 4) is 0 Å². The van der Waals surface area contributed by atoms with Gasteiger partial charge in [-0.05, 0) is 30.7 Å². The van der Waals surface area contributed by atoms with Gasteiger partial charge in [0.25, 0.3) is 0 Å². The quantitative estimate of drug-likeness (QED) is 0.792. The average molecular weight is 264 g/mol. The standard InChI is InChI=1S/C14H11ClFNO/c1-9-5-6-11(8-17-9)13(18)7-10-3-2-4-12(15)14(10)16/h2-6,8H,7H2,1H3. The lowest BCUT2D eigenvalue weighted by molar-refractivity contribution is 0.0991. The molecule has 2 rings (SSSR count). The maximum absolute atomic E-state index is 13.6. The molecule has 4 heteroatoms. The molecule has 0 saturated heterocycles. The van der Waals surface area contributed by atoms with E-state index < -0.39 is 5.82 Å². The number of Topliss-reactive ketones (excluding diaryl/α,β-unsaturated/α-hetero) is 1. The Kier molecular flexibility index (Phi) is 3.72. The van der Waals surface area contributed by atoms with Crippen molar-refractivity contribution in [2.45, 2.75) is 13.3 Å². The number of hydrogen-bond acceptors (Lipinski definition) is 2. The summed E-state index contributed by atoms with van der Waals surface area (Å²) in [7, 11) is 0. The van der Waals surface area contributed by atoms with Gasteiger partial charge in [0.15, 0.2) is 5.78 Å². The second-order valence-electron chi connectivity index (χ2n) is 4.00. The van der Waals surface area contributed by atoms with Crippen LogP contribution in [0.2, 0.25) is 5.02 Å². The van der Waals surface area contributed by atoms with Crippen molar-refractivity contribution in [1.29, 1.82) is 0 Å². The van der Waals surface area contributed by atoms with Crippen LogP contribution in [0.4, 0.5) is 4.39 Å². The van der Waals surface area contributed by atoms with E-state index in [2.05, 4.69) is 4.98 Å². The van der Waals surface area contributed by atoms with Gasteiger partial charge in [-0.15, -0.1) is 0 Å². The molecule has 0 bridgehead atoms. The summed E-state index contributed by atoms with van der Waals surface area (Å²) in [5.41, 5.74) is 1.61. The molecule has 1 aromatic heterocycles. The summed E-state index contributed by atoms with van der Waals surface area (Å²) in [6.07, 6.45) is 1.48. The summed E-state index contributed by atoms with van der Waals surface area (Å²) in [4.78, 5) is 16.0. The van der Waals surface area contributed by atoms with Crippen LogP contribution < -0.4 is 0 Å². The number of aromatic nitrogens is 1. The van der Waals surface area contributed by atoms with E-state index in [0.29, 0.717) is 11.1 Å². The largest absolute Gasteiger partial charge is 0.294 e. The molecule has 1 aromatic carbocycles. The Balaban J connectivity index is 2.21. The number of pyridine rings is 1. The summed E-state index contributed by atoms with van der Waals surface area (Å²) in [5, 5.41) is 0.0299. The van der Waals surface area contributed by atoms with Gasteiger partial charge < -0.3 is 0 Å². The van der Waals surface area contributed by atoms with Gasteiger partial charge in [-0.1, -0.05) is 23.7 Å². The van der Waals surface area contributed by atoms with E-state index in [1.807, 2.05) is 6.92 Å². The van der Waals surface area contributed by atoms with Crippen LogP contribution in [0.5, 0.6) is 0 Å². The van der Waals surface area contributed by atoms with Gasteiger partial charge in [0, 0.05) is 23.9 Å². The molecule has 0 radical (unpaired) electrons. The predicted molar refractivity (Wildman–Crippen MR) is 68.4 cm³/mol. The third-order valence-electron chi connectivity index (χ3n) is 2.62. The molecule has 92 valence electrons. The molecule has 0 atom stereocenters. The lowest BCUT2D eigenvalue weighted by Gasteiger charge is -2.04. The summed E-state index contributed by atoms with van der Waals surface area (Å²) in [6.45, 7) is 1.84. The molecule has 0 fully saturated rings. The summed E-state index contributed by atoms with van der Waals surface area (Å²) >= 11 is 5.67. The molecule has 0 saturated carbocycles. The Hall–Kier alpha value is -1.74. The van der Waals surface area contributed by atoms with E-state index in [0.717, 1.165) is 5.69 Å². The Labute approximate surface area is 109 Å². The Morgan fingerprint density at radius 2 is 2.11 bits per heavy atom. The molecule has 0 N–H and O–H groups in total. The number of halogens is 2. The van der Waals surface area contributed by atoms with Crippen LogP contribution >= 0.6 is 11.6 Å². The Morgan fingerprint density at radius 3 is 2.78 bits per heavy atom. The number of carbonyl (C=O) groups is 1. The third-order valence-corrected chi connectivity index (χ3v) is 2.91. The highest BCUT2D eigenvalue weighted by atomic mass is 35.5. The van der Waals surface area contributed by atoms with E-state index in [4.69, 9.17) is 11.6 Å². The maximum Gasteiger partial charge on any atom is 0.168 e. The number of ketones is 1. The smallest absolute Gasteiger partial charge is 0.168 e.